The number of ether oxygens (including phenoxy) is 1. The van der Waals surface area contributed by atoms with Crippen LogP contribution in [0.4, 0.5) is 54.1 Å². The Labute approximate surface area is 842 Å². The third kappa shape index (κ3) is 25.5. The van der Waals surface area contributed by atoms with Crippen LogP contribution in [0.1, 0.15) is 121 Å². The molecule has 0 aromatic carbocycles. The molecule has 0 amide bonds. The van der Waals surface area contributed by atoms with Crippen molar-refractivity contribution < 1.29 is 8.95 Å². The first-order valence-electron chi connectivity index (χ1n) is 47.0. The molecular formula is C94H116N38O2S7. The van der Waals surface area contributed by atoms with Gasteiger partial charge in [-0.2, -0.15) is 54.0 Å². The average molecular weight is 2030 g/mol. The Kier molecular flexibility index (Phi) is 32.7. The number of imidazole rings is 5. The summed E-state index contributed by atoms with van der Waals surface area (Å²) in [6.07, 6.45) is 43.8. The number of aryl methyl sites for hydroxylation is 6. The molecule has 0 aliphatic carbocycles. The first-order valence-corrected chi connectivity index (χ1v) is 53.5. The van der Waals surface area contributed by atoms with Crippen LogP contribution in [-0.2, 0) is 46.7 Å². The van der Waals surface area contributed by atoms with Gasteiger partial charge < -0.3 is 46.0 Å². The fourth-order valence-electron chi connectivity index (χ4n) is 16.9. The molecule has 0 radical (unpaired) electrons. The van der Waals surface area contributed by atoms with Crippen LogP contribution in [0.2, 0.25) is 0 Å². The second kappa shape index (κ2) is 46.8. The summed E-state index contributed by atoms with van der Waals surface area (Å²) >= 11 is 9.04. The third-order valence-electron chi connectivity index (χ3n) is 23.9. The summed E-state index contributed by atoms with van der Waals surface area (Å²) in [5, 5.41) is 49.5. The van der Waals surface area contributed by atoms with Gasteiger partial charge in [-0.05, 0) is 235 Å². The van der Waals surface area contributed by atoms with E-state index in [1.165, 1.54) is 148 Å². The van der Waals surface area contributed by atoms with Crippen LogP contribution in [0.25, 0.3) is 73.3 Å². The number of H-pyrrole nitrogens is 4. The van der Waals surface area contributed by atoms with Gasteiger partial charge in [-0.3, -0.25) is 56.4 Å². The number of piperidine rings is 3. The number of likely N-dealkylation sites (tertiary alicyclic amines) is 3. The van der Waals surface area contributed by atoms with Crippen molar-refractivity contribution in [2.75, 3.05) is 132 Å². The highest BCUT2D eigenvalue weighted by molar-refractivity contribution is 7.98. The average Bonchev–Trinajstić information content (AvgIpc) is 1.58. The topological polar surface area (TPSA) is 433 Å². The van der Waals surface area contributed by atoms with Crippen molar-refractivity contribution in [3.8, 4) is 45.0 Å². The van der Waals surface area contributed by atoms with Crippen LogP contribution < -0.4 is 26.6 Å². The van der Waals surface area contributed by atoms with E-state index in [0.717, 1.165) is 224 Å². The zero-order chi connectivity index (χ0) is 97.2. The minimum atomic E-state index is -0.927. The van der Waals surface area contributed by atoms with Crippen molar-refractivity contribution in [2.45, 2.75) is 131 Å². The van der Waals surface area contributed by atoms with Gasteiger partial charge in [0.25, 0.3) is 0 Å². The molecule has 3 aliphatic heterocycles. The van der Waals surface area contributed by atoms with Crippen molar-refractivity contribution in [3.63, 3.8) is 0 Å². The number of nitrogens with zero attached hydrogens (tertiary/aromatic N) is 29. The number of aromatic nitrogens is 28. The van der Waals surface area contributed by atoms with Gasteiger partial charge >= 0.3 is 0 Å². The smallest absolute Gasteiger partial charge is 0.180 e. The number of thioether (sulfide) groups is 1. The molecule has 19 aromatic heterocycles. The van der Waals surface area contributed by atoms with E-state index in [9.17, 15) is 4.21 Å². The van der Waals surface area contributed by atoms with Gasteiger partial charge in [0, 0.05) is 169 Å². The van der Waals surface area contributed by atoms with E-state index in [4.69, 9.17) is 9.72 Å². The molecule has 0 bridgehead atoms. The third-order valence-corrected chi connectivity index (χ3v) is 29.8. The lowest BCUT2D eigenvalue weighted by Crippen LogP contribution is -2.33. The zero-order valence-electron chi connectivity index (χ0n) is 80.7. The van der Waals surface area contributed by atoms with Gasteiger partial charge in [-0.25, -0.2) is 49.8 Å². The maximum Gasteiger partial charge on any atom is 0.180 e. The molecule has 22 rings (SSSR count). The first kappa shape index (κ1) is 98.5. The number of hydrogen-bond acceptors (Lipinski definition) is 37. The lowest BCUT2D eigenvalue weighted by molar-refractivity contribution is 0.0850. The Morgan fingerprint density at radius 1 is 0.468 bits per heavy atom. The van der Waals surface area contributed by atoms with Crippen LogP contribution in [0, 0.1) is 47.5 Å². The van der Waals surface area contributed by atoms with Crippen molar-refractivity contribution in [1.29, 1.82) is 0 Å². The van der Waals surface area contributed by atoms with Gasteiger partial charge in [0.05, 0.1) is 136 Å². The minimum absolute atomic E-state index is 0.456. The van der Waals surface area contributed by atoms with Crippen LogP contribution >= 0.6 is 69.4 Å². The van der Waals surface area contributed by atoms with E-state index in [1.54, 1.807) is 37.2 Å². The number of aromatic amines is 4. The molecule has 19 aromatic rings. The second-order valence-corrected chi connectivity index (χ2v) is 42.4. The number of anilines is 10. The molecule has 40 nitrogen and oxygen atoms in total. The lowest BCUT2D eigenvalue weighted by Gasteiger charge is -2.30. The van der Waals surface area contributed by atoms with E-state index in [2.05, 4.69) is 202 Å². The number of nitrogens with one attached hydrogen (secondary N) is 9. The standard InChI is InChI=1S/C21H26N8OS.C21H26N8S.C18H24N6S.C17H20N8OS2.C17H20N8S2/c1-15-13-29-18(16-10-23-24-11-16)12-22-21(29)20(25-15)26-19-9-17(27-31-19)14-30-8-7-28-5-3-2-4-6-28;1-13-11-29-17(19-14(2)25-26-15(19)3)10-22-21(29)20(23-13)24-18-9-16(27-30-18)12-28-7-5-4-6-8-28;1-12-5-4-6-23(9-12)11-15-7-16(25-22-15)21-17-18-19-8-14(3)24(18)10-13(2)20-17;1-24(2)5-6-28(26)11-13-7-15(27-23-13)22-16-17-19-10-14(12-8-20-21-9-12)25(17)4-3-18-16;1-24(2)5-6-26-11-13-7-15(27-23-13)22-16-17-19-10-14(12-8-20-21-9-12)25(17)4-3-18-16/h9-13H,2-8,14H2,1H3,(H,23,24)(H,25,26);9-11H,4-8,12H2,1-3H3,(H,23,24)(H,25,26);7-8,10,12H,4-6,9,11H2,1-3H3,(H,20,21);3-4,7-10H,5-6,11H2,1-2H3,(H,18,22)(H,20,21);3-4,7-10H,5-6,11H2,1-2H3,(H,18,22)(H,20,21). The molecule has 0 saturated carbocycles. The number of fused-ring (bicyclic) bond motifs is 5. The molecular weight excluding hydrogens is 1920 g/mol. The summed E-state index contributed by atoms with van der Waals surface area (Å²) in [5.41, 5.74) is 22.7. The van der Waals surface area contributed by atoms with Crippen molar-refractivity contribution in [3.05, 3.63) is 205 Å². The first-order chi connectivity index (χ1) is 68.7. The molecule has 22 heterocycles. The normalized spacial score (nSPS) is 14.6. The highest BCUT2D eigenvalue weighted by atomic mass is 32.2. The predicted molar refractivity (Wildman–Crippen MR) is 563 cm³/mol. The van der Waals surface area contributed by atoms with Gasteiger partial charge in [0.2, 0.25) is 0 Å². The molecule has 736 valence electrons. The maximum absolute atomic E-state index is 12.2. The van der Waals surface area contributed by atoms with E-state index < -0.39 is 10.8 Å². The Hall–Kier alpha value is -12.7. The highest BCUT2D eigenvalue weighted by Crippen LogP contribution is 2.36. The summed E-state index contributed by atoms with van der Waals surface area (Å²) in [6, 6.07) is 10.3. The quantitative estimate of drug-likeness (QED) is 0.0172. The van der Waals surface area contributed by atoms with Gasteiger partial charge in [-0.15, -0.1) is 0 Å². The number of rotatable bonds is 33. The predicted octanol–water partition coefficient (Wildman–Crippen LogP) is 16.9. The summed E-state index contributed by atoms with van der Waals surface area (Å²) in [5.74, 6) is 7.48. The fourth-order valence-corrected chi connectivity index (χ4v) is 22.6. The van der Waals surface area contributed by atoms with Crippen LogP contribution in [0.15, 0.2) is 142 Å². The summed E-state index contributed by atoms with van der Waals surface area (Å²) in [6.45, 7) is 27.5. The summed E-state index contributed by atoms with van der Waals surface area (Å²) < 4.78 is 50.9. The Balaban J connectivity index is 0.000000117. The fraction of sp³-hybridized carbons (Fsp3) is 0.394. The van der Waals surface area contributed by atoms with E-state index in [1.807, 2.05) is 172 Å². The number of hydrogen-bond donors (Lipinski definition) is 9. The highest BCUT2D eigenvalue weighted by Gasteiger charge is 2.25. The SMILES string of the molecule is CN(C)CCS(=O)Cc1cc(Nc2nccn3c(-c4cn[nH]c4)cnc23)sn1.CN(C)CCSCc1cc(Nc2nccn3c(-c4cn[nH]c4)cnc23)sn1.Cc1cn2c(-c3c(C)n[nH]c3C)cnc2c(Nc2cc(CN3CCCCC3)ns2)n1.Cc1cn2c(-c3cn[nH]c3)cnc2c(Nc2cc(COCCN3CCCCC3)ns2)n1.Cc1cn2c(C)cnc2c(Nc2cc(CN3CCCC(C)C3)ns2)n1. The molecule has 141 heavy (non-hydrogen) atoms. The largest absolute Gasteiger partial charge is 0.374 e. The van der Waals surface area contributed by atoms with Crippen molar-refractivity contribution in [2.24, 2.45) is 5.92 Å². The van der Waals surface area contributed by atoms with Gasteiger partial charge in [-0.1, -0.05) is 19.8 Å². The monoisotopic (exact) mass is 2030 g/mol. The van der Waals surface area contributed by atoms with Crippen LogP contribution in [0.5, 0.6) is 0 Å². The van der Waals surface area contributed by atoms with Crippen LogP contribution in [0.3, 0.4) is 0 Å². The summed E-state index contributed by atoms with van der Waals surface area (Å²) in [4.78, 5) is 57.3. The van der Waals surface area contributed by atoms with Crippen molar-refractivity contribution >= 4 is 163 Å². The Morgan fingerprint density at radius 2 is 0.901 bits per heavy atom. The van der Waals surface area contributed by atoms with E-state index >= 15 is 0 Å². The molecule has 3 saturated heterocycles. The minimum Gasteiger partial charge on any atom is -0.374 e. The molecule has 2 unspecified atom stereocenters. The molecule has 3 aliphatic rings. The molecule has 0 spiro atoms. The van der Waals surface area contributed by atoms with Crippen molar-refractivity contribution in [1.82, 2.24) is 159 Å². The zero-order valence-corrected chi connectivity index (χ0v) is 86.4. The summed E-state index contributed by atoms with van der Waals surface area (Å²) in [7, 11) is 7.20. The lowest BCUT2D eigenvalue weighted by atomic mass is 10.0. The molecule has 3 fully saturated rings. The van der Waals surface area contributed by atoms with Gasteiger partial charge in [0.1, 0.15) is 25.0 Å². The molecule has 9 N–H and O–H groups in total. The Bertz CT molecular complexity index is 7240. The van der Waals surface area contributed by atoms with Crippen LogP contribution in [-0.4, -0.2) is 268 Å². The van der Waals surface area contributed by atoms with E-state index in [-0.39, 0.29) is 0 Å². The second-order valence-electron chi connectivity index (χ2n) is 35.7. The molecule has 47 heteroatoms. The maximum atomic E-state index is 12.2. The Morgan fingerprint density at radius 3 is 1.41 bits per heavy atom. The van der Waals surface area contributed by atoms with Gasteiger partial charge in [0.15, 0.2) is 57.3 Å². The molecule has 2 atom stereocenters. The van der Waals surface area contributed by atoms with E-state index in [0.29, 0.717) is 41.2 Å².